The van der Waals surface area contributed by atoms with Gasteiger partial charge in [-0.05, 0) is 30.3 Å². The number of nitrogens with two attached hydrogens (primary N) is 1. The molecule has 108 valence electrons. The molecule has 2 rings (SSSR count). The summed E-state index contributed by atoms with van der Waals surface area (Å²) in [6.45, 7) is 0.842. The molecule has 0 aliphatic carbocycles. The van der Waals surface area contributed by atoms with Gasteiger partial charge < -0.3 is 10.5 Å². The maximum absolute atomic E-state index is 12.1. The number of hydrogen-bond donors (Lipinski definition) is 2. The van der Waals surface area contributed by atoms with E-state index >= 15 is 0 Å². The summed E-state index contributed by atoms with van der Waals surface area (Å²) in [5.74, 6) is 0.638. The van der Waals surface area contributed by atoms with Crippen molar-refractivity contribution in [1.82, 2.24) is 9.78 Å². The van der Waals surface area contributed by atoms with Crippen molar-refractivity contribution in [2.75, 3.05) is 17.9 Å². The molecule has 0 amide bonds. The Bertz CT molecular complexity index is 664. The Labute approximate surface area is 117 Å². The molecule has 0 fully saturated rings. The van der Waals surface area contributed by atoms with Crippen LogP contribution in [0.25, 0.3) is 0 Å². The van der Waals surface area contributed by atoms with E-state index in [0.717, 1.165) is 0 Å². The summed E-state index contributed by atoms with van der Waals surface area (Å²) in [7, 11) is -2.07. The zero-order valence-electron chi connectivity index (χ0n) is 11.0. The van der Waals surface area contributed by atoms with Crippen LogP contribution in [-0.4, -0.2) is 31.3 Å². The van der Waals surface area contributed by atoms with E-state index in [0.29, 0.717) is 24.6 Å². The molecule has 3 N–H and O–H groups in total. The van der Waals surface area contributed by atoms with Crippen molar-refractivity contribution in [2.45, 2.75) is 5.03 Å². The number of hydrogen-bond acceptors (Lipinski definition) is 5. The second-order valence-corrected chi connectivity index (χ2v) is 5.69. The highest BCUT2D eigenvalue weighted by atomic mass is 32.2. The largest absolute Gasteiger partial charge is 0.492 e. The third-order valence-electron chi connectivity index (χ3n) is 2.54. The van der Waals surface area contributed by atoms with Gasteiger partial charge in [0.15, 0.2) is 5.03 Å². The molecule has 0 unspecified atom stereocenters. The first kappa shape index (κ1) is 14.4. The molecule has 2 aromatic rings. The normalized spacial score (nSPS) is 11.3. The molecule has 0 spiro atoms. The average molecular weight is 296 g/mol. The molecule has 20 heavy (non-hydrogen) atoms. The summed E-state index contributed by atoms with van der Waals surface area (Å²) in [6.07, 6.45) is 1.43. The molecule has 1 aromatic heterocycles. The molecular weight excluding hydrogens is 280 g/mol. The first-order valence-electron chi connectivity index (χ1n) is 5.97. The second-order valence-electron chi connectivity index (χ2n) is 4.06. The lowest BCUT2D eigenvalue weighted by atomic mass is 10.3. The standard InChI is InChI=1S/C12H16N4O3S/c1-16-12(6-8-14-16)20(17,18)15-10-2-4-11(5-3-10)19-9-7-13/h2-6,8,15H,7,9,13H2,1H3. The lowest BCUT2D eigenvalue weighted by Gasteiger charge is -2.09. The number of benzene rings is 1. The minimum atomic E-state index is -3.64. The SMILES string of the molecule is Cn1nccc1S(=O)(=O)Nc1ccc(OCCN)cc1. The molecule has 1 aromatic carbocycles. The van der Waals surface area contributed by atoms with Crippen LogP contribution >= 0.6 is 0 Å². The smallest absolute Gasteiger partial charge is 0.279 e. The van der Waals surface area contributed by atoms with Gasteiger partial charge in [-0.2, -0.15) is 13.5 Å². The Morgan fingerprint density at radius 1 is 1.30 bits per heavy atom. The number of nitrogens with zero attached hydrogens (tertiary/aromatic N) is 2. The lowest BCUT2D eigenvalue weighted by Crippen LogP contribution is -2.16. The van der Waals surface area contributed by atoms with Crippen LogP contribution in [-0.2, 0) is 17.1 Å². The summed E-state index contributed by atoms with van der Waals surface area (Å²) in [5, 5.41) is 3.94. The summed E-state index contributed by atoms with van der Waals surface area (Å²) < 4.78 is 33.3. The van der Waals surface area contributed by atoms with E-state index in [1.807, 2.05) is 0 Å². The van der Waals surface area contributed by atoms with Gasteiger partial charge in [0.05, 0.1) is 6.20 Å². The van der Waals surface area contributed by atoms with Gasteiger partial charge in [-0.25, -0.2) is 0 Å². The van der Waals surface area contributed by atoms with Crippen molar-refractivity contribution in [2.24, 2.45) is 12.8 Å². The predicted molar refractivity (Wildman–Crippen MR) is 75.0 cm³/mol. The van der Waals surface area contributed by atoms with Crippen molar-refractivity contribution in [3.63, 3.8) is 0 Å². The Balaban J connectivity index is 2.12. The van der Waals surface area contributed by atoms with Crippen LogP contribution in [0.2, 0.25) is 0 Å². The number of anilines is 1. The highest BCUT2D eigenvalue weighted by Gasteiger charge is 2.17. The van der Waals surface area contributed by atoms with Crippen molar-refractivity contribution in [3.05, 3.63) is 36.5 Å². The molecule has 0 aliphatic rings. The third-order valence-corrected chi connectivity index (χ3v) is 4.00. The number of aromatic nitrogens is 2. The molecule has 0 saturated carbocycles. The third kappa shape index (κ3) is 3.28. The van der Waals surface area contributed by atoms with Gasteiger partial charge in [0.25, 0.3) is 10.0 Å². The zero-order valence-corrected chi connectivity index (χ0v) is 11.8. The van der Waals surface area contributed by atoms with E-state index in [-0.39, 0.29) is 5.03 Å². The minimum absolute atomic E-state index is 0.0981. The van der Waals surface area contributed by atoms with E-state index < -0.39 is 10.0 Å². The van der Waals surface area contributed by atoms with Gasteiger partial charge in [-0.3, -0.25) is 9.40 Å². The van der Waals surface area contributed by atoms with Crippen LogP contribution < -0.4 is 15.2 Å². The van der Waals surface area contributed by atoms with Gasteiger partial charge >= 0.3 is 0 Å². The van der Waals surface area contributed by atoms with Crippen LogP contribution in [0, 0.1) is 0 Å². The fraction of sp³-hybridized carbons (Fsp3) is 0.250. The lowest BCUT2D eigenvalue weighted by molar-refractivity contribution is 0.328. The molecule has 0 bridgehead atoms. The van der Waals surface area contributed by atoms with Crippen molar-refractivity contribution >= 4 is 15.7 Å². The topological polar surface area (TPSA) is 99.2 Å². The molecule has 0 saturated heterocycles. The average Bonchev–Trinajstić information content (AvgIpc) is 2.85. The summed E-state index contributed by atoms with van der Waals surface area (Å²) in [6, 6.07) is 8.04. The van der Waals surface area contributed by atoms with E-state index in [1.165, 1.54) is 16.9 Å². The van der Waals surface area contributed by atoms with E-state index in [2.05, 4.69) is 9.82 Å². The minimum Gasteiger partial charge on any atom is -0.492 e. The number of nitrogens with one attached hydrogen (secondary N) is 1. The fourth-order valence-electron chi connectivity index (χ4n) is 1.63. The van der Waals surface area contributed by atoms with Crippen LogP contribution in [0.5, 0.6) is 5.75 Å². The summed E-state index contributed by atoms with van der Waals surface area (Å²) in [4.78, 5) is 0. The van der Waals surface area contributed by atoms with Gasteiger partial charge in [0, 0.05) is 19.3 Å². The Morgan fingerprint density at radius 2 is 2.00 bits per heavy atom. The number of aryl methyl sites for hydroxylation is 1. The molecular formula is C12H16N4O3S. The van der Waals surface area contributed by atoms with Crippen LogP contribution in [0.1, 0.15) is 0 Å². The van der Waals surface area contributed by atoms with Gasteiger partial charge in [0.1, 0.15) is 12.4 Å². The first-order valence-corrected chi connectivity index (χ1v) is 7.45. The molecule has 0 aliphatic heterocycles. The molecule has 7 nitrogen and oxygen atoms in total. The summed E-state index contributed by atoms with van der Waals surface area (Å²) >= 11 is 0. The number of rotatable bonds is 6. The maximum atomic E-state index is 12.1. The maximum Gasteiger partial charge on any atom is 0.279 e. The van der Waals surface area contributed by atoms with Crippen LogP contribution in [0.15, 0.2) is 41.6 Å². The van der Waals surface area contributed by atoms with Crippen LogP contribution in [0.3, 0.4) is 0 Å². The first-order chi connectivity index (χ1) is 9.53. The number of ether oxygens (including phenoxy) is 1. The monoisotopic (exact) mass is 296 g/mol. The van der Waals surface area contributed by atoms with Gasteiger partial charge in [0.2, 0.25) is 0 Å². The second kappa shape index (κ2) is 5.93. The zero-order chi connectivity index (χ0) is 14.6. The van der Waals surface area contributed by atoms with Crippen molar-refractivity contribution < 1.29 is 13.2 Å². The van der Waals surface area contributed by atoms with Crippen molar-refractivity contribution in [1.29, 1.82) is 0 Å². The molecule has 1 heterocycles. The Kier molecular flexibility index (Phi) is 4.26. The van der Waals surface area contributed by atoms with Gasteiger partial charge in [-0.15, -0.1) is 0 Å². The number of sulfonamides is 1. The quantitative estimate of drug-likeness (QED) is 0.811. The highest BCUT2D eigenvalue weighted by Crippen LogP contribution is 2.19. The fourth-order valence-corrected chi connectivity index (χ4v) is 2.81. The Hall–Kier alpha value is -2.06. The molecule has 0 radical (unpaired) electrons. The van der Waals surface area contributed by atoms with Crippen molar-refractivity contribution in [3.8, 4) is 5.75 Å². The molecule has 8 heteroatoms. The Morgan fingerprint density at radius 3 is 2.55 bits per heavy atom. The highest BCUT2D eigenvalue weighted by molar-refractivity contribution is 7.92. The van der Waals surface area contributed by atoms with E-state index in [1.54, 1.807) is 31.3 Å². The van der Waals surface area contributed by atoms with Crippen LogP contribution in [0.4, 0.5) is 5.69 Å². The molecule has 0 atom stereocenters. The van der Waals surface area contributed by atoms with E-state index in [4.69, 9.17) is 10.5 Å². The van der Waals surface area contributed by atoms with Gasteiger partial charge in [-0.1, -0.05) is 0 Å². The van der Waals surface area contributed by atoms with E-state index in [9.17, 15) is 8.42 Å². The summed E-state index contributed by atoms with van der Waals surface area (Å²) in [5.41, 5.74) is 5.78. The predicted octanol–water partition coefficient (Wildman–Crippen LogP) is 0.558.